The summed E-state index contributed by atoms with van der Waals surface area (Å²) in [7, 11) is 0. The highest BCUT2D eigenvalue weighted by Crippen LogP contribution is 2.13. The minimum atomic E-state index is 0.344. The third kappa shape index (κ3) is 3.26. The van der Waals surface area contributed by atoms with Crippen LogP contribution in [-0.2, 0) is 6.61 Å². The zero-order chi connectivity index (χ0) is 12.1. The second-order valence-electron chi connectivity index (χ2n) is 3.30. The van der Waals surface area contributed by atoms with E-state index in [1.165, 1.54) is 6.20 Å². The number of ether oxygens (including phenoxy) is 1. The first kappa shape index (κ1) is 11.6. The lowest BCUT2D eigenvalue weighted by Crippen LogP contribution is -1.98. The molecule has 0 atom stereocenters. The van der Waals surface area contributed by atoms with E-state index in [1.807, 2.05) is 12.1 Å². The quantitative estimate of drug-likeness (QED) is 0.872. The monoisotopic (exact) mass is 289 g/mol. The number of hydrogen-bond acceptors (Lipinski definition) is 4. The zero-order valence-corrected chi connectivity index (χ0v) is 10.4. The van der Waals surface area contributed by atoms with Gasteiger partial charge >= 0.3 is 0 Å². The van der Waals surface area contributed by atoms with Crippen LogP contribution in [0.3, 0.4) is 0 Å². The van der Waals surface area contributed by atoms with Crippen molar-refractivity contribution in [2.45, 2.75) is 6.61 Å². The summed E-state index contributed by atoms with van der Waals surface area (Å²) in [4.78, 5) is 8.03. The maximum Gasteiger partial charge on any atom is 0.213 e. The van der Waals surface area contributed by atoms with Gasteiger partial charge in [-0.2, -0.15) is 5.26 Å². The molecule has 2 aromatic rings. The lowest BCUT2D eigenvalue weighted by Gasteiger charge is -2.04. The molecule has 2 heterocycles. The number of rotatable bonds is 3. The molecule has 5 heteroatoms. The molecule has 0 amide bonds. The molecule has 0 bridgehead atoms. The molecule has 0 aromatic carbocycles. The maximum absolute atomic E-state index is 8.73. The summed E-state index contributed by atoms with van der Waals surface area (Å²) in [6.07, 6.45) is 4.85. The van der Waals surface area contributed by atoms with E-state index in [9.17, 15) is 0 Å². The Bertz CT molecular complexity index is 548. The predicted molar refractivity (Wildman–Crippen MR) is 65.2 cm³/mol. The van der Waals surface area contributed by atoms with Gasteiger partial charge in [-0.25, -0.2) is 4.98 Å². The minimum absolute atomic E-state index is 0.344. The topological polar surface area (TPSA) is 58.8 Å². The van der Waals surface area contributed by atoms with Crippen LogP contribution in [0, 0.1) is 11.3 Å². The molecule has 0 aliphatic carbocycles. The Hall–Kier alpha value is -1.93. The number of aromatic nitrogens is 2. The SMILES string of the molecule is N#Cc1cncc(COc2ccc(Br)cn2)c1. The lowest BCUT2D eigenvalue weighted by molar-refractivity contribution is 0.293. The third-order valence-corrected chi connectivity index (χ3v) is 2.48. The van der Waals surface area contributed by atoms with Crippen LogP contribution in [0.1, 0.15) is 11.1 Å². The molecular weight excluding hydrogens is 282 g/mol. The van der Waals surface area contributed by atoms with Gasteiger partial charge in [-0.1, -0.05) is 0 Å². The smallest absolute Gasteiger partial charge is 0.213 e. The minimum Gasteiger partial charge on any atom is -0.473 e. The number of nitriles is 1. The molecular formula is C12H8BrN3O. The van der Waals surface area contributed by atoms with Crippen molar-refractivity contribution in [2.75, 3.05) is 0 Å². The van der Waals surface area contributed by atoms with Gasteiger partial charge in [0.2, 0.25) is 5.88 Å². The molecule has 17 heavy (non-hydrogen) atoms. The summed E-state index contributed by atoms with van der Waals surface area (Å²) in [6, 6.07) is 7.40. The van der Waals surface area contributed by atoms with Crippen LogP contribution < -0.4 is 4.74 Å². The lowest BCUT2D eigenvalue weighted by atomic mass is 10.2. The largest absolute Gasteiger partial charge is 0.473 e. The van der Waals surface area contributed by atoms with E-state index in [4.69, 9.17) is 10.00 Å². The van der Waals surface area contributed by atoms with E-state index < -0.39 is 0 Å². The van der Waals surface area contributed by atoms with E-state index in [1.54, 1.807) is 24.5 Å². The Balaban J connectivity index is 2.02. The summed E-state index contributed by atoms with van der Waals surface area (Å²) < 4.78 is 6.37. The van der Waals surface area contributed by atoms with Crippen molar-refractivity contribution in [3.05, 3.63) is 52.4 Å². The van der Waals surface area contributed by atoms with Crippen LogP contribution in [0.5, 0.6) is 5.88 Å². The van der Waals surface area contributed by atoms with E-state index >= 15 is 0 Å². The molecule has 0 aliphatic heterocycles. The Morgan fingerprint density at radius 3 is 2.88 bits per heavy atom. The molecule has 0 spiro atoms. The fourth-order valence-electron chi connectivity index (χ4n) is 1.23. The van der Waals surface area contributed by atoms with Crippen molar-refractivity contribution in [1.29, 1.82) is 5.26 Å². The van der Waals surface area contributed by atoms with Gasteiger partial charge in [-0.15, -0.1) is 0 Å². The fourth-order valence-corrected chi connectivity index (χ4v) is 1.47. The summed E-state index contributed by atoms with van der Waals surface area (Å²) in [5.74, 6) is 0.538. The zero-order valence-electron chi connectivity index (χ0n) is 8.80. The average molecular weight is 290 g/mol. The highest BCUT2D eigenvalue weighted by Gasteiger charge is 1.99. The first-order valence-electron chi connectivity index (χ1n) is 4.86. The standard InChI is InChI=1S/C12H8BrN3O/c13-11-1-2-12(16-7-11)17-8-10-3-9(4-14)5-15-6-10/h1-3,5-7H,8H2. The summed E-state index contributed by atoms with van der Waals surface area (Å²) >= 11 is 3.30. The van der Waals surface area contributed by atoms with E-state index in [2.05, 4.69) is 25.9 Å². The molecule has 0 fully saturated rings. The summed E-state index contributed by atoms with van der Waals surface area (Å²) in [6.45, 7) is 0.344. The Labute approximate surface area is 107 Å². The summed E-state index contributed by atoms with van der Waals surface area (Å²) in [5.41, 5.74) is 1.36. The second-order valence-corrected chi connectivity index (χ2v) is 4.21. The number of halogens is 1. The number of nitrogens with zero attached hydrogens (tertiary/aromatic N) is 3. The van der Waals surface area contributed by atoms with Gasteiger partial charge in [-0.3, -0.25) is 4.98 Å². The Morgan fingerprint density at radius 1 is 1.29 bits per heavy atom. The molecule has 0 aliphatic rings. The van der Waals surface area contributed by atoms with E-state index in [0.29, 0.717) is 18.1 Å². The van der Waals surface area contributed by atoms with Crippen LogP contribution in [0.2, 0.25) is 0 Å². The Kier molecular flexibility index (Phi) is 3.68. The van der Waals surface area contributed by atoms with Gasteiger partial charge in [0.15, 0.2) is 0 Å². The highest BCUT2D eigenvalue weighted by molar-refractivity contribution is 9.10. The van der Waals surface area contributed by atoms with Gasteiger partial charge in [0, 0.05) is 34.7 Å². The first-order chi connectivity index (χ1) is 8.28. The molecule has 0 unspecified atom stereocenters. The molecule has 0 radical (unpaired) electrons. The fraction of sp³-hybridized carbons (Fsp3) is 0.0833. The highest BCUT2D eigenvalue weighted by atomic mass is 79.9. The predicted octanol–water partition coefficient (Wildman–Crippen LogP) is 2.69. The maximum atomic E-state index is 8.73. The van der Waals surface area contributed by atoms with Crippen molar-refractivity contribution in [3.8, 4) is 11.9 Å². The number of hydrogen-bond donors (Lipinski definition) is 0. The van der Waals surface area contributed by atoms with Gasteiger partial charge < -0.3 is 4.74 Å². The molecule has 2 rings (SSSR count). The number of pyridine rings is 2. The molecule has 0 saturated carbocycles. The summed E-state index contributed by atoms with van der Waals surface area (Å²) in [5, 5.41) is 8.73. The molecule has 0 N–H and O–H groups in total. The molecule has 4 nitrogen and oxygen atoms in total. The van der Waals surface area contributed by atoms with Gasteiger partial charge in [0.25, 0.3) is 0 Å². The van der Waals surface area contributed by atoms with Crippen molar-refractivity contribution in [2.24, 2.45) is 0 Å². The van der Waals surface area contributed by atoms with Crippen LogP contribution in [-0.4, -0.2) is 9.97 Å². The normalized spacial score (nSPS) is 9.65. The van der Waals surface area contributed by atoms with Crippen molar-refractivity contribution in [3.63, 3.8) is 0 Å². The molecule has 2 aromatic heterocycles. The Morgan fingerprint density at radius 2 is 2.18 bits per heavy atom. The van der Waals surface area contributed by atoms with Crippen LogP contribution in [0.25, 0.3) is 0 Å². The van der Waals surface area contributed by atoms with Crippen molar-refractivity contribution >= 4 is 15.9 Å². The van der Waals surface area contributed by atoms with Gasteiger partial charge in [-0.05, 0) is 28.1 Å². The van der Waals surface area contributed by atoms with Crippen molar-refractivity contribution < 1.29 is 4.74 Å². The van der Waals surface area contributed by atoms with Gasteiger partial charge in [0.05, 0.1) is 5.56 Å². The van der Waals surface area contributed by atoms with Crippen LogP contribution in [0.4, 0.5) is 0 Å². The average Bonchev–Trinajstić information content (AvgIpc) is 2.38. The third-order valence-electron chi connectivity index (χ3n) is 2.01. The van der Waals surface area contributed by atoms with Crippen LogP contribution >= 0.6 is 15.9 Å². The van der Waals surface area contributed by atoms with Gasteiger partial charge in [0.1, 0.15) is 12.7 Å². The van der Waals surface area contributed by atoms with Crippen LogP contribution in [0.15, 0.2) is 41.3 Å². The molecule has 84 valence electrons. The molecule has 0 saturated heterocycles. The van der Waals surface area contributed by atoms with E-state index in [-0.39, 0.29) is 0 Å². The van der Waals surface area contributed by atoms with Crippen molar-refractivity contribution in [1.82, 2.24) is 9.97 Å². The van der Waals surface area contributed by atoms with E-state index in [0.717, 1.165) is 10.0 Å². The first-order valence-corrected chi connectivity index (χ1v) is 5.65. The second kappa shape index (κ2) is 5.41.